The molecule has 6 nitrogen and oxygen atoms in total. The highest BCUT2D eigenvalue weighted by atomic mass is 19.4. The molecule has 0 fully saturated rings. The number of aliphatic hydroxyl groups is 1. The Morgan fingerprint density at radius 2 is 1.63 bits per heavy atom. The summed E-state index contributed by atoms with van der Waals surface area (Å²) in [6.07, 6.45) is -2.56. The van der Waals surface area contributed by atoms with E-state index in [4.69, 9.17) is 9.47 Å². The van der Waals surface area contributed by atoms with E-state index >= 15 is 0 Å². The van der Waals surface area contributed by atoms with E-state index in [9.17, 15) is 18.3 Å². The molecule has 1 unspecified atom stereocenters. The lowest BCUT2D eigenvalue weighted by molar-refractivity contribution is -0.137. The Kier molecular flexibility index (Phi) is 6.97. The number of rotatable bonds is 7. The lowest BCUT2D eigenvalue weighted by Gasteiger charge is -2.14. The van der Waals surface area contributed by atoms with Crippen molar-refractivity contribution in [3.63, 3.8) is 0 Å². The van der Waals surface area contributed by atoms with Crippen molar-refractivity contribution >= 4 is 0 Å². The Balaban J connectivity index is 1.53. The van der Waals surface area contributed by atoms with E-state index in [-0.39, 0.29) is 0 Å². The van der Waals surface area contributed by atoms with Gasteiger partial charge < -0.3 is 14.6 Å². The third-order valence-electron chi connectivity index (χ3n) is 5.28. The van der Waals surface area contributed by atoms with Crippen molar-refractivity contribution in [2.45, 2.75) is 25.8 Å². The zero-order valence-electron chi connectivity index (χ0n) is 19.0. The summed E-state index contributed by atoms with van der Waals surface area (Å²) in [6, 6.07) is 15.2. The van der Waals surface area contributed by atoms with Gasteiger partial charge in [0, 0.05) is 29.6 Å². The van der Waals surface area contributed by atoms with Crippen LogP contribution in [0.25, 0.3) is 11.3 Å². The molecule has 0 spiro atoms. The summed E-state index contributed by atoms with van der Waals surface area (Å²) in [6.45, 7) is 2.03. The van der Waals surface area contributed by atoms with Crippen LogP contribution in [0.3, 0.4) is 0 Å². The summed E-state index contributed by atoms with van der Waals surface area (Å²) < 4.78 is 49.5. The Labute approximate surface area is 200 Å². The van der Waals surface area contributed by atoms with Crippen LogP contribution in [0.5, 0.6) is 11.6 Å². The van der Waals surface area contributed by atoms with Gasteiger partial charge in [0.05, 0.1) is 18.4 Å². The van der Waals surface area contributed by atoms with Gasteiger partial charge in [0.15, 0.2) is 0 Å². The summed E-state index contributed by atoms with van der Waals surface area (Å²) in [4.78, 5) is 12.9. The molecule has 180 valence electrons. The number of hydrogen-bond donors (Lipinski definition) is 1. The van der Waals surface area contributed by atoms with Gasteiger partial charge in [-0.15, -0.1) is 0 Å². The van der Waals surface area contributed by atoms with Crippen LogP contribution in [0.15, 0.2) is 73.1 Å². The molecule has 2 aromatic carbocycles. The fourth-order valence-electron chi connectivity index (χ4n) is 3.44. The lowest BCUT2D eigenvalue weighted by atomic mass is 10.00. The van der Waals surface area contributed by atoms with Gasteiger partial charge in [-0.1, -0.05) is 24.3 Å². The third kappa shape index (κ3) is 5.93. The normalized spacial score (nSPS) is 12.3. The van der Waals surface area contributed by atoms with Crippen LogP contribution in [0.1, 0.15) is 34.2 Å². The van der Waals surface area contributed by atoms with Crippen molar-refractivity contribution in [1.82, 2.24) is 15.0 Å². The molecule has 0 bridgehead atoms. The SMILES string of the molecule is COc1ccc(COc2cc(-c3cncc(C(O)c4ccc(C(F)(F)F)cc4)c3)nc(C)n2)cc1. The van der Waals surface area contributed by atoms with Crippen molar-refractivity contribution in [3.8, 4) is 22.9 Å². The van der Waals surface area contributed by atoms with Crippen LogP contribution in [0, 0.1) is 6.92 Å². The summed E-state index contributed by atoms with van der Waals surface area (Å²) in [5.74, 6) is 1.61. The molecule has 0 radical (unpaired) electrons. The second-order valence-electron chi connectivity index (χ2n) is 7.80. The monoisotopic (exact) mass is 481 g/mol. The maximum Gasteiger partial charge on any atom is 0.416 e. The predicted octanol–water partition coefficient (Wildman–Crippen LogP) is 5.54. The summed E-state index contributed by atoms with van der Waals surface area (Å²) in [7, 11) is 1.60. The number of hydrogen-bond acceptors (Lipinski definition) is 6. The Morgan fingerprint density at radius 3 is 2.29 bits per heavy atom. The quantitative estimate of drug-likeness (QED) is 0.374. The fraction of sp³-hybridized carbons (Fsp3) is 0.192. The van der Waals surface area contributed by atoms with Crippen molar-refractivity contribution < 1.29 is 27.8 Å². The molecular weight excluding hydrogens is 459 g/mol. The first-order chi connectivity index (χ1) is 16.7. The molecule has 0 aliphatic heterocycles. The standard InChI is InChI=1S/C26H22F3N3O3/c1-16-31-23(12-24(32-16)35-15-17-3-9-22(34-2)10-4-17)19-11-20(14-30-13-19)25(33)18-5-7-21(8-6-18)26(27,28)29/h3-14,25,33H,15H2,1-2H3. The molecule has 0 amide bonds. The predicted molar refractivity (Wildman–Crippen MR) is 123 cm³/mol. The zero-order chi connectivity index (χ0) is 25.0. The van der Waals surface area contributed by atoms with E-state index in [0.717, 1.165) is 23.4 Å². The van der Waals surface area contributed by atoms with Crippen molar-refractivity contribution in [2.24, 2.45) is 0 Å². The molecule has 1 N–H and O–H groups in total. The number of pyridine rings is 1. The minimum Gasteiger partial charge on any atom is -0.497 e. The van der Waals surface area contributed by atoms with Gasteiger partial charge >= 0.3 is 6.18 Å². The Hall–Kier alpha value is -3.98. The molecule has 2 heterocycles. The van der Waals surface area contributed by atoms with E-state index in [1.54, 1.807) is 32.4 Å². The molecule has 9 heteroatoms. The Bertz CT molecular complexity index is 1290. The van der Waals surface area contributed by atoms with Gasteiger partial charge in [-0.05, 0) is 48.4 Å². The van der Waals surface area contributed by atoms with E-state index in [1.165, 1.54) is 18.3 Å². The summed E-state index contributed by atoms with van der Waals surface area (Å²) >= 11 is 0. The average molecular weight is 481 g/mol. The molecule has 0 saturated heterocycles. The number of benzene rings is 2. The second-order valence-corrected chi connectivity index (χ2v) is 7.80. The van der Waals surface area contributed by atoms with E-state index in [2.05, 4.69) is 15.0 Å². The second kappa shape index (κ2) is 10.1. The van der Waals surface area contributed by atoms with Crippen LogP contribution >= 0.6 is 0 Å². The van der Waals surface area contributed by atoms with Gasteiger partial charge in [0.2, 0.25) is 5.88 Å². The maximum atomic E-state index is 12.8. The third-order valence-corrected chi connectivity index (χ3v) is 5.28. The first-order valence-corrected chi connectivity index (χ1v) is 10.6. The summed E-state index contributed by atoms with van der Waals surface area (Å²) in [5, 5.41) is 10.7. The average Bonchev–Trinajstić information content (AvgIpc) is 2.86. The number of alkyl halides is 3. The van der Waals surface area contributed by atoms with Gasteiger partial charge in [-0.3, -0.25) is 4.98 Å². The fourth-order valence-corrected chi connectivity index (χ4v) is 3.44. The van der Waals surface area contributed by atoms with Crippen molar-refractivity contribution in [1.29, 1.82) is 0 Å². The lowest BCUT2D eigenvalue weighted by Crippen LogP contribution is -2.06. The van der Waals surface area contributed by atoms with Crippen LogP contribution < -0.4 is 9.47 Å². The minimum absolute atomic E-state index is 0.296. The molecule has 2 aromatic heterocycles. The van der Waals surface area contributed by atoms with E-state index in [1.807, 2.05) is 24.3 Å². The highest BCUT2D eigenvalue weighted by Crippen LogP contribution is 2.32. The zero-order valence-corrected chi connectivity index (χ0v) is 19.0. The molecule has 4 aromatic rings. The molecule has 1 atom stereocenters. The smallest absolute Gasteiger partial charge is 0.416 e. The first kappa shape index (κ1) is 24.2. The molecular formula is C26H22F3N3O3. The molecule has 0 aliphatic rings. The Morgan fingerprint density at radius 1 is 0.914 bits per heavy atom. The number of aliphatic hydroxyl groups excluding tert-OH is 1. The van der Waals surface area contributed by atoms with Gasteiger partial charge in [-0.2, -0.15) is 18.2 Å². The van der Waals surface area contributed by atoms with E-state index in [0.29, 0.717) is 40.7 Å². The number of aromatic nitrogens is 3. The van der Waals surface area contributed by atoms with Crippen molar-refractivity contribution in [2.75, 3.05) is 7.11 Å². The largest absolute Gasteiger partial charge is 0.497 e. The van der Waals surface area contributed by atoms with E-state index < -0.39 is 17.8 Å². The number of nitrogens with zero attached hydrogens (tertiary/aromatic N) is 3. The van der Waals surface area contributed by atoms with Crippen molar-refractivity contribution in [3.05, 3.63) is 101 Å². The number of ether oxygens (including phenoxy) is 2. The highest BCUT2D eigenvalue weighted by Gasteiger charge is 2.30. The number of halogens is 3. The topological polar surface area (TPSA) is 77.4 Å². The van der Waals surface area contributed by atoms with Gasteiger partial charge in [-0.25, -0.2) is 4.98 Å². The number of aryl methyl sites for hydroxylation is 1. The van der Waals surface area contributed by atoms with Crippen LogP contribution in [-0.4, -0.2) is 27.2 Å². The molecule has 4 rings (SSSR count). The first-order valence-electron chi connectivity index (χ1n) is 10.6. The van der Waals surface area contributed by atoms with Crippen LogP contribution in [-0.2, 0) is 12.8 Å². The number of methoxy groups -OCH3 is 1. The molecule has 0 aliphatic carbocycles. The maximum absolute atomic E-state index is 12.8. The van der Waals surface area contributed by atoms with Gasteiger partial charge in [0.25, 0.3) is 0 Å². The molecule has 0 saturated carbocycles. The molecule has 35 heavy (non-hydrogen) atoms. The van der Waals surface area contributed by atoms with Crippen LogP contribution in [0.4, 0.5) is 13.2 Å². The van der Waals surface area contributed by atoms with Gasteiger partial charge in [0.1, 0.15) is 24.3 Å². The summed E-state index contributed by atoms with van der Waals surface area (Å²) in [5.41, 5.74) is 2.04. The minimum atomic E-state index is -4.44. The van der Waals surface area contributed by atoms with Crippen LogP contribution in [0.2, 0.25) is 0 Å². The highest BCUT2D eigenvalue weighted by molar-refractivity contribution is 5.60.